The van der Waals surface area contributed by atoms with Gasteiger partial charge in [0.2, 0.25) is 5.91 Å². The number of piperidine rings is 1. The van der Waals surface area contributed by atoms with E-state index in [0.29, 0.717) is 18.0 Å². The van der Waals surface area contributed by atoms with Crippen LogP contribution in [0.25, 0.3) is 0 Å². The summed E-state index contributed by atoms with van der Waals surface area (Å²) in [6.07, 6.45) is 1.96. The number of rotatable bonds is 3. The molecule has 0 radical (unpaired) electrons. The summed E-state index contributed by atoms with van der Waals surface area (Å²) in [6.45, 7) is 11.1. The van der Waals surface area contributed by atoms with Gasteiger partial charge in [-0.05, 0) is 46.7 Å². The summed E-state index contributed by atoms with van der Waals surface area (Å²) in [5.41, 5.74) is 1.17. The summed E-state index contributed by atoms with van der Waals surface area (Å²) >= 11 is 1.71. The Kier molecular flexibility index (Phi) is 5.34. The molecule has 2 fully saturated rings. The van der Waals surface area contributed by atoms with Crippen molar-refractivity contribution in [3.63, 3.8) is 0 Å². The number of aryl methyl sites for hydroxylation is 1. The van der Waals surface area contributed by atoms with E-state index in [2.05, 4.69) is 46.3 Å². The van der Waals surface area contributed by atoms with Gasteiger partial charge in [-0.1, -0.05) is 0 Å². The number of hydrogen-bond donors (Lipinski definition) is 1. The fourth-order valence-corrected chi connectivity index (χ4v) is 4.25. The van der Waals surface area contributed by atoms with Gasteiger partial charge in [-0.2, -0.15) is 0 Å². The molecule has 3 heterocycles. The molecule has 0 spiro atoms. The number of hydrogen-bond acceptors (Lipinski definition) is 5. The number of nitrogens with one attached hydrogen (secondary N) is 1. The Morgan fingerprint density at radius 3 is 2.74 bits per heavy atom. The molecule has 2 aliphatic heterocycles. The van der Waals surface area contributed by atoms with Gasteiger partial charge >= 0.3 is 0 Å². The number of likely N-dealkylation sites (tertiary alicyclic amines) is 1. The molecule has 0 saturated carbocycles. The lowest BCUT2D eigenvalue weighted by Crippen LogP contribution is -2.58. The van der Waals surface area contributed by atoms with Crippen molar-refractivity contribution in [2.75, 3.05) is 26.2 Å². The molecule has 3 rings (SSSR count). The van der Waals surface area contributed by atoms with E-state index in [1.165, 1.54) is 5.69 Å². The lowest BCUT2D eigenvalue weighted by molar-refractivity contribution is -0.140. The molecule has 0 aliphatic carbocycles. The Labute approximate surface area is 143 Å². The highest BCUT2D eigenvalue weighted by Crippen LogP contribution is 2.23. The van der Waals surface area contributed by atoms with E-state index in [-0.39, 0.29) is 5.92 Å². The van der Waals surface area contributed by atoms with Gasteiger partial charge in [0.15, 0.2) is 0 Å². The number of thiazole rings is 1. The van der Waals surface area contributed by atoms with Crippen LogP contribution >= 0.6 is 11.3 Å². The third kappa shape index (κ3) is 3.92. The minimum atomic E-state index is 0.205. The zero-order valence-electron chi connectivity index (χ0n) is 14.4. The zero-order chi connectivity index (χ0) is 16.4. The van der Waals surface area contributed by atoms with Crippen LogP contribution in [0, 0.1) is 12.8 Å². The van der Waals surface area contributed by atoms with Gasteiger partial charge in [-0.3, -0.25) is 9.69 Å². The number of carbonyl (C=O) groups excluding carboxylic acids is 1. The Morgan fingerprint density at radius 1 is 1.35 bits per heavy atom. The van der Waals surface area contributed by atoms with Crippen LogP contribution in [0.3, 0.4) is 0 Å². The number of amides is 1. The molecular weight excluding hydrogens is 308 g/mol. The first-order valence-corrected chi connectivity index (χ1v) is 9.60. The van der Waals surface area contributed by atoms with Crippen molar-refractivity contribution in [1.29, 1.82) is 0 Å². The van der Waals surface area contributed by atoms with Crippen LogP contribution in [0.1, 0.15) is 37.4 Å². The molecule has 2 unspecified atom stereocenters. The third-order valence-corrected chi connectivity index (χ3v) is 6.13. The number of aromatic nitrogens is 1. The molecular formula is C17H28N4OS. The van der Waals surface area contributed by atoms with Gasteiger partial charge in [0.05, 0.1) is 10.7 Å². The van der Waals surface area contributed by atoms with E-state index in [1.54, 1.807) is 11.3 Å². The highest BCUT2D eigenvalue weighted by molar-refractivity contribution is 7.09. The monoisotopic (exact) mass is 336 g/mol. The van der Waals surface area contributed by atoms with Gasteiger partial charge in [-0.25, -0.2) is 4.98 Å². The van der Waals surface area contributed by atoms with Crippen molar-refractivity contribution in [2.45, 2.75) is 52.2 Å². The third-order valence-electron chi connectivity index (χ3n) is 5.31. The van der Waals surface area contributed by atoms with Crippen LogP contribution in [0.5, 0.6) is 0 Å². The zero-order valence-corrected chi connectivity index (χ0v) is 15.2. The molecule has 128 valence electrons. The van der Waals surface area contributed by atoms with E-state index in [1.807, 2.05) is 0 Å². The van der Waals surface area contributed by atoms with Gasteiger partial charge in [-0.15, -0.1) is 11.3 Å². The molecule has 0 bridgehead atoms. The summed E-state index contributed by atoms with van der Waals surface area (Å²) < 4.78 is 0. The van der Waals surface area contributed by atoms with Gasteiger partial charge in [0, 0.05) is 43.0 Å². The molecule has 23 heavy (non-hydrogen) atoms. The van der Waals surface area contributed by atoms with Gasteiger partial charge < -0.3 is 10.2 Å². The fourth-order valence-electron chi connectivity index (χ4n) is 3.65. The van der Waals surface area contributed by atoms with E-state index in [0.717, 1.165) is 50.6 Å². The second-order valence-electron chi connectivity index (χ2n) is 6.92. The van der Waals surface area contributed by atoms with Crippen LogP contribution in [-0.2, 0) is 11.3 Å². The lowest BCUT2D eigenvalue weighted by atomic mass is 9.93. The van der Waals surface area contributed by atoms with Gasteiger partial charge in [0.25, 0.3) is 0 Å². The van der Waals surface area contributed by atoms with Crippen LogP contribution in [0.15, 0.2) is 5.38 Å². The second-order valence-corrected chi connectivity index (χ2v) is 7.99. The predicted molar refractivity (Wildman–Crippen MR) is 93.5 cm³/mol. The van der Waals surface area contributed by atoms with E-state index in [9.17, 15) is 4.79 Å². The first-order chi connectivity index (χ1) is 11.0. The largest absolute Gasteiger partial charge is 0.337 e. The maximum atomic E-state index is 12.8. The molecule has 1 aromatic heterocycles. The SMILES string of the molecule is Cc1nc(CN2CCC(C(=O)N3CCNC(C)C3C)CC2)cs1. The average molecular weight is 337 g/mol. The Morgan fingerprint density at radius 2 is 2.09 bits per heavy atom. The van der Waals surface area contributed by atoms with Crippen LogP contribution in [0.2, 0.25) is 0 Å². The van der Waals surface area contributed by atoms with Crippen molar-refractivity contribution >= 4 is 17.2 Å². The number of nitrogens with zero attached hydrogens (tertiary/aromatic N) is 3. The highest BCUT2D eigenvalue weighted by Gasteiger charge is 2.34. The molecule has 1 amide bonds. The summed E-state index contributed by atoms with van der Waals surface area (Å²) in [4.78, 5) is 21.9. The number of carbonyl (C=O) groups is 1. The van der Waals surface area contributed by atoms with Crippen molar-refractivity contribution in [3.8, 4) is 0 Å². The Balaban J connectivity index is 1.51. The first-order valence-electron chi connectivity index (χ1n) is 8.72. The molecule has 0 aromatic carbocycles. The maximum absolute atomic E-state index is 12.8. The van der Waals surface area contributed by atoms with E-state index >= 15 is 0 Å². The summed E-state index contributed by atoms with van der Waals surface area (Å²) in [7, 11) is 0. The molecule has 2 saturated heterocycles. The van der Waals surface area contributed by atoms with E-state index < -0.39 is 0 Å². The topological polar surface area (TPSA) is 48.5 Å². The smallest absolute Gasteiger partial charge is 0.226 e. The maximum Gasteiger partial charge on any atom is 0.226 e. The highest BCUT2D eigenvalue weighted by atomic mass is 32.1. The van der Waals surface area contributed by atoms with Crippen LogP contribution in [0.4, 0.5) is 0 Å². The molecule has 2 aliphatic rings. The normalized spacial score (nSPS) is 27.3. The molecule has 6 heteroatoms. The van der Waals surface area contributed by atoms with Crippen LogP contribution in [-0.4, -0.2) is 59.0 Å². The average Bonchev–Trinajstić information content (AvgIpc) is 2.95. The summed E-state index contributed by atoms with van der Waals surface area (Å²) in [6, 6.07) is 0.688. The standard InChI is InChI=1S/C17H28N4OS/c1-12-13(2)21(9-6-18-12)17(22)15-4-7-20(8-5-15)10-16-11-23-14(3)19-16/h11-13,15,18H,4-10H2,1-3H3. The number of piperazine rings is 1. The van der Waals surface area contributed by atoms with Crippen molar-refractivity contribution in [1.82, 2.24) is 20.1 Å². The van der Waals surface area contributed by atoms with Crippen molar-refractivity contribution in [2.24, 2.45) is 5.92 Å². The van der Waals surface area contributed by atoms with Crippen molar-refractivity contribution < 1.29 is 4.79 Å². The lowest BCUT2D eigenvalue weighted by Gasteiger charge is -2.41. The first kappa shape index (κ1) is 16.9. The quantitative estimate of drug-likeness (QED) is 0.915. The summed E-state index contributed by atoms with van der Waals surface area (Å²) in [5, 5.41) is 6.73. The molecule has 5 nitrogen and oxygen atoms in total. The van der Waals surface area contributed by atoms with Crippen molar-refractivity contribution in [3.05, 3.63) is 16.1 Å². The predicted octanol–water partition coefficient (Wildman–Crippen LogP) is 1.87. The molecule has 1 aromatic rings. The van der Waals surface area contributed by atoms with E-state index in [4.69, 9.17) is 0 Å². The second kappa shape index (κ2) is 7.28. The van der Waals surface area contributed by atoms with Crippen LogP contribution < -0.4 is 5.32 Å². The summed E-state index contributed by atoms with van der Waals surface area (Å²) in [5.74, 6) is 0.575. The fraction of sp³-hybridized carbons (Fsp3) is 0.765. The molecule has 1 N–H and O–H groups in total. The Hall–Kier alpha value is -0.980. The minimum absolute atomic E-state index is 0.205. The minimum Gasteiger partial charge on any atom is -0.337 e. The Bertz CT molecular complexity index is 538. The van der Waals surface area contributed by atoms with Gasteiger partial charge in [0.1, 0.15) is 0 Å². The molecule has 2 atom stereocenters.